The predicted octanol–water partition coefficient (Wildman–Crippen LogP) is -0.433. The van der Waals surface area contributed by atoms with Crippen LogP contribution in [0.4, 0.5) is 0 Å². The topological polar surface area (TPSA) is 119 Å². The highest BCUT2D eigenvalue weighted by Gasteiger charge is 2.48. The number of imidazole rings is 1. The molecule has 1 amide bonds. The second-order valence-electron chi connectivity index (χ2n) is 7.76. The molecule has 1 spiro atoms. The highest BCUT2D eigenvalue weighted by molar-refractivity contribution is 7.88. The number of sulfonamides is 1. The molecule has 0 bridgehead atoms. The van der Waals surface area contributed by atoms with Gasteiger partial charge < -0.3 is 14.5 Å². The molecule has 0 aromatic carbocycles. The van der Waals surface area contributed by atoms with Gasteiger partial charge in [0.05, 0.1) is 12.6 Å². The molecule has 0 aliphatic carbocycles. The Morgan fingerprint density at radius 3 is 2.79 bits per heavy atom. The van der Waals surface area contributed by atoms with Crippen LogP contribution < -0.4 is 10.9 Å². The largest absolute Gasteiger partial charge is 0.352 e. The summed E-state index contributed by atoms with van der Waals surface area (Å²) >= 11 is 0. The van der Waals surface area contributed by atoms with Gasteiger partial charge in [0.15, 0.2) is 0 Å². The van der Waals surface area contributed by atoms with Crippen molar-refractivity contribution in [1.82, 2.24) is 28.7 Å². The van der Waals surface area contributed by atoms with E-state index >= 15 is 0 Å². The summed E-state index contributed by atoms with van der Waals surface area (Å²) in [6.07, 6.45) is 10.1. The summed E-state index contributed by atoms with van der Waals surface area (Å²) < 4.78 is 28.9. The second kappa shape index (κ2) is 7.38. The third-order valence-electron chi connectivity index (χ3n) is 5.77. The molecule has 1 N–H and O–H groups in total. The molecule has 0 saturated carbocycles. The number of carbonyl (C=O) groups excluding carboxylic acids is 1. The lowest BCUT2D eigenvalue weighted by Gasteiger charge is -2.22. The molecule has 2 aliphatic rings. The number of hydrogen-bond acceptors (Lipinski definition) is 6. The number of nitrogens with one attached hydrogen (secondary N) is 1. The minimum atomic E-state index is -3.28. The van der Waals surface area contributed by atoms with Crippen molar-refractivity contribution in [2.24, 2.45) is 0 Å². The van der Waals surface area contributed by atoms with E-state index in [9.17, 15) is 18.0 Å². The SMILES string of the molecule is CS(=O)(=O)N1CC[C@@]2(CCn3cc(C(=O)NCCCn4ccnc4)c(=O)nc32)C1. The van der Waals surface area contributed by atoms with Crippen LogP contribution in [0.15, 0.2) is 29.7 Å². The lowest BCUT2D eigenvalue weighted by Crippen LogP contribution is -2.36. The molecule has 1 saturated heterocycles. The summed E-state index contributed by atoms with van der Waals surface area (Å²) in [6.45, 7) is 2.53. The van der Waals surface area contributed by atoms with Crippen molar-refractivity contribution in [3.05, 3.63) is 46.7 Å². The molecule has 156 valence electrons. The molecule has 1 atom stereocenters. The zero-order chi connectivity index (χ0) is 20.6. The number of hydrogen-bond donors (Lipinski definition) is 1. The monoisotopic (exact) mass is 420 g/mol. The predicted molar refractivity (Wildman–Crippen MR) is 105 cm³/mol. The maximum Gasteiger partial charge on any atom is 0.285 e. The van der Waals surface area contributed by atoms with Crippen molar-refractivity contribution in [3.8, 4) is 0 Å². The Balaban J connectivity index is 1.45. The van der Waals surface area contributed by atoms with Gasteiger partial charge in [0.25, 0.3) is 11.5 Å². The van der Waals surface area contributed by atoms with Crippen molar-refractivity contribution < 1.29 is 13.2 Å². The summed E-state index contributed by atoms with van der Waals surface area (Å²) in [4.78, 5) is 33.2. The van der Waals surface area contributed by atoms with Crippen molar-refractivity contribution in [2.45, 2.75) is 37.8 Å². The second-order valence-corrected chi connectivity index (χ2v) is 9.75. The molecule has 1 fully saturated rings. The summed E-state index contributed by atoms with van der Waals surface area (Å²) in [7, 11) is -3.28. The van der Waals surface area contributed by atoms with Crippen LogP contribution in [0.3, 0.4) is 0 Å². The molecule has 10 nitrogen and oxygen atoms in total. The first kappa shape index (κ1) is 19.8. The lowest BCUT2D eigenvalue weighted by molar-refractivity contribution is 0.0950. The molecule has 2 aromatic rings. The number of amides is 1. The number of aryl methyl sites for hydroxylation is 2. The van der Waals surface area contributed by atoms with Crippen molar-refractivity contribution in [3.63, 3.8) is 0 Å². The molecule has 2 aliphatic heterocycles. The van der Waals surface area contributed by atoms with Crippen LogP contribution in [0.25, 0.3) is 0 Å². The first-order chi connectivity index (χ1) is 13.8. The van der Waals surface area contributed by atoms with Gasteiger partial charge in [-0.2, -0.15) is 4.98 Å². The van der Waals surface area contributed by atoms with Gasteiger partial charge in [-0.1, -0.05) is 0 Å². The smallest absolute Gasteiger partial charge is 0.285 e. The highest BCUT2D eigenvalue weighted by Crippen LogP contribution is 2.41. The molecular formula is C18H24N6O4S. The van der Waals surface area contributed by atoms with Crippen molar-refractivity contribution >= 4 is 15.9 Å². The van der Waals surface area contributed by atoms with Gasteiger partial charge in [-0.05, 0) is 19.3 Å². The highest BCUT2D eigenvalue weighted by atomic mass is 32.2. The van der Waals surface area contributed by atoms with Crippen LogP contribution in [0, 0.1) is 0 Å². The summed E-state index contributed by atoms with van der Waals surface area (Å²) in [6, 6.07) is 0. The van der Waals surface area contributed by atoms with E-state index in [2.05, 4.69) is 15.3 Å². The van der Waals surface area contributed by atoms with Crippen LogP contribution in [-0.2, 0) is 28.5 Å². The van der Waals surface area contributed by atoms with E-state index < -0.39 is 26.9 Å². The Labute approximate surface area is 168 Å². The van der Waals surface area contributed by atoms with E-state index in [0.717, 1.165) is 6.54 Å². The minimum Gasteiger partial charge on any atom is -0.352 e. The van der Waals surface area contributed by atoms with Gasteiger partial charge in [-0.15, -0.1) is 0 Å². The standard InChI is InChI=1S/C18H24N6O4S/c1-29(27,28)24-9-4-18(12-24)3-8-23-11-14(16(26)21-17(18)23)15(25)20-5-2-7-22-10-6-19-13-22/h6,10-11,13H,2-5,7-9,12H2,1H3,(H,20,25)/t18-/m0/s1. The Morgan fingerprint density at radius 2 is 2.10 bits per heavy atom. The van der Waals surface area contributed by atoms with Crippen LogP contribution in [0.5, 0.6) is 0 Å². The number of rotatable bonds is 6. The zero-order valence-corrected chi connectivity index (χ0v) is 17.1. The molecule has 2 aromatic heterocycles. The first-order valence-electron chi connectivity index (χ1n) is 9.60. The van der Waals surface area contributed by atoms with Gasteiger partial charge in [-0.3, -0.25) is 9.59 Å². The van der Waals surface area contributed by atoms with Gasteiger partial charge in [-0.25, -0.2) is 17.7 Å². The first-order valence-corrected chi connectivity index (χ1v) is 11.4. The van der Waals surface area contributed by atoms with E-state index in [1.54, 1.807) is 18.7 Å². The third-order valence-corrected chi connectivity index (χ3v) is 7.02. The molecule has 29 heavy (non-hydrogen) atoms. The molecule has 0 radical (unpaired) electrons. The molecule has 11 heteroatoms. The average Bonchev–Trinajstić information content (AvgIpc) is 3.40. The van der Waals surface area contributed by atoms with E-state index in [1.165, 1.54) is 10.6 Å². The minimum absolute atomic E-state index is 0.0198. The van der Waals surface area contributed by atoms with Crippen molar-refractivity contribution in [2.75, 3.05) is 25.9 Å². The molecule has 4 rings (SSSR count). The third kappa shape index (κ3) is 3.84. The normalized spacial score (nSPS) is 21.6. The van der Waals surface area contributed by atoms with Crippen LogP contribution in [0.1, 0.15) is 35.4 Å². The zero-order valence-electron chi connectivity index (χ0n) is 16.2. The quantitative estimate of drug-likeness (QED) is 0.633. The molecular weight excluding hydrogens is 396 g/mol. The molecule has 0 unspecified atom stereocenters. The number of carbonyl (C=O) groups is 1. The molecule has 4 heterocycles. The van der Waals surface area contributed by atoms with Gasteiger partial charge in [0.2, 0.25) is 10.0 Å². The fourth-order valence-corrected chi connectivity index (χ4v) is 5.07. The number of fused-ring (bicyclic) bond motifs is 2. The number of aromatic nitrogens is 4. The fraction of sp³-hybridized carbons (Fsp3) is 0.556. The summed E-state index contributed by atoms with van der Waals surface area (Å²) in [5.41, 5.74) is -0.990. The van der Waals surface area contributed by atoms with Crippen LogP contribution in [0.2, 0.25) is 0 Å². The maximum atomic E-state index is 12.5. The number of nitrogens with zero attached hydrogens (tertiary/aromatic N) is 5. The van der Waals surface area contributed by atoms with E-state index in [1.807, 2.05) is 15.3 Å². The van der Waals surface area contributed by atoms with E-state index in [-0.39, 0.29) is 5.56 Å². The van der Waals surface area contributed by atoms with Gasteiger partial charge in [0, 0.05) is 56.7 Å². The summed E-state index contributed by atoms with van der Waals surface area (Å²) in [5.74, 6) is 0.152. The van der Waals surface area contributed by atoms with Crippen LogP contribution >= 0.6 is 0 Å². The Kier molecular flexibility index (Phi) is 5.03. The Bertz CT molecular complexity index is 1080. The average molecular weight is 420 g/mol. The lowest BCUT2D eigenvalue weighted by atomic mass is 9.85. The van der Waals surface area contributed by atoms with Gasteiger partial charge >= 0.3 is 0 Å². The van der Waals surface area contributed by atoms with E-state index in [4.69, 9.17) is 0 Å². The van der Waals surface area contributed by atoms with Gasteiger partial charge in [0.1, 0.15) is 11.4 Å². The maximum absolute atomic E-state index is 12.5. The fourth-order valence-electron chi connectivity index (χ4n) is 4.17. The van der Waals surface area contributed by atoms with Crippen LogP contribution in [-0.4, -0.2) is 63.6 Å². The Hall–Kier alpha value is -2.53. The van der Waals surface area contributed by atoms with E-state index in [0.29, 0.717) is 51.3 Å². The Morgan fingerprint density at radius 1 is 1.31 bits per heavy atom. The van der Waals surface area contributed by atoms with Crippen molar-refractivity contribution in [1.29, 1.82) is 0 Å². The summed E-state index contributed by atoms with van der Waals surface area (Å²) in [5, 5.41) is 2.77.